The molecule has 24 heavy (non-hydrogen) atoms. The number of benzene rings is 2. The molecule has 6 heteroatoms. The first-order valence-electron chi connectivity index (χ1n) is 7.83. The zero-order valence-corrected chi connectivity index (χ0v) is 14.7. The quantitative estimate of drug-likeness (QED) is 0.838. The van der Waals surface area contributed by atoms with Crippen LogP contribution in [0.1, 0.15) is 18.9 Å². The number of carbonyl (C=O) groups is 1. The average molecular weight is 346 g/mol. The van der Waals surface area contributed by atoms with Gasteiger partial charge in [0.2, 0.25) is 15.9 Å². The number of sulfonamides is 1. The molecule has 0 spiro atoms. The van der Waals surface area contributed by atoms with E-state index in [1.54, 1.807) is 24.3 Å². The summed E-state index contributed by atoms with van der Waals surface area (Å²) >= 11 is 0. The molecule has 0 aromatic heterocycles. The maximum absolute atomic E-state index is 12.4. The molecule has 0 fully saturated rings. The Balaban J connectivity index is 1.98. The van der Waals surface area contributed by atoms with Gasteiger partial charge in [0.25, 0.3) is 0 Å². The van der Waals surface area contributed by atoms with E-state index >= 15 is 0 Å². The number of carbonyl (C=O) groups excluding carboxylic acids is 1. The molecule has 2 aromatic carbocycles. The third-order valence-corrected chi connectivity index (χ3v) is 5.56. The number of rotatable bonds is 7. The Morgan fingerprint density at radius 2 is 1.67 bits per heavy atom. The van der Waals surface area contributed by atoms with Crippen LogP contribution in [-0.2, 0) is 21.2 Å². The normalized spacial score (nSPS) is 11.1. The largest absolute Gasteiger partial charge is 0.326 e. The van der Waals surface area contributed by atoms with Gasteiger partial charge >= 0.3 is 0 Å². The standard InChI is InChI=1S/C18H22N2O3S/c1-3-15-9-7-8-12-17(15)19-18(21)13-14-24(22,23)20(2)16-10-5-4-6-11-16/h4-12H,3,13-14H2,1-2H3,(H,19,21). The molecule has 2 aromatic rings. The summed E-state index contributed by atoms with van der Waals surface area (Å²) in [6.07, 6.45) is 0.711. The van der Waals surface area contributed by atoms with Crippen LogP contribution in [0, 0.1) is 0 Å². The number of nitrogens with zero attached hydrogens (tertiary/aromatic N) is 1. The van der Waals surface area contributed by atoms with Crippen LogP contribution in [0.3, 0.4) is 0 Å². The predicted octanol–water partition coefficient (Wildman–Crippen LogP) is 3.04. The van der Waals surface area contributed by atoms with Crippen molar-refractivity contribution in [2.75, 3.05) is 22.4 Å². The monoisotopic (exact) mass is 346 g/mol. The Morgan fingerprint density at radius 1 is 1.04 bits per heavy atom. The summed E-state index contributed by atoms with van der Waals surface area (Å²) in [5, 5.41) is 2.79. The Labute approximate surface area is 143 Å². The van der Waals surface area contributed by atoms with E-state index in [1.807, 2.05) is 37.3 Å². The fourth-order valence-electron chi connectivity index (χ4n) is 2.32. The van der Waals surface area contributed by atoms with Gasteiger partial charge in [-0.05, 0) is 30.2 Å². The molecule has 0 aliphatic rings. The molecule has 2 rings (SSSR count). The van der Waals surface area contributed by atoms with E-state index in [0.717, 1.165) is 17.7 Å². The minimum Gasteiger partial charge on any atom is -0.326 e. The first-order valence-corrected chi connectivity index (χ1v) is 9.44. The summed E-state index contributed by atoms with van der Waals surface area (Å²) in [6, 6.07) is 16.3. The van der Waals surface area contributed by atoms with E-state index in [2.05, 4.69) is 5.32 Å². The molecule has 5 nitrogen and oxygen atoms in total. The van der Waals surface area contributed by atoms with E-state index in [-0.39, 0.29) is 18.1 Å². The minimum atomic E-state index is -3.54. The number of hydrogen-bond acceptors (Lipinski definition) is 3. The zero-order valence-electron chi connectivity index (χ0n) is 13.9. The molecule has 1 amide bonds. The summed E-state index contributed by atoms with van der Waals surface area (Å²) in [5.41, 5.74) is 2.34. The highest BCUT2D eigenvalue weighted by Gasteiger charge is 2.20. The fourth-order valence-corrected chi connectivity index (χ4v) is 3.48. The molecule has 128 valence electrons. The maximum atomic E-state index is 12.4. The lowest BCUT2D eigenvalue weighted by Crippen LogP contribution is -2.30. The van der Waals surface area contributed by atoms with Gasteiger partial charge in [0.1, 0.15) is 0 Å². The second kappa shape index (κ2) is 7.97. The smallest absolute Gasteiger partial charge is 0.235 e. The van der Waals surface area contributed by atoms with E-state index < -0.39 is 10.0 Å². The van der Waals surface area contributed by atoms with Crippen molar-refractivity contribution >= 4 is 27.3 Å². The lowest BCUT2D eigenvalue weighted by molar-refractivity contribution is -0.115. The minimum absolute atomic E-state index is 0.0858. The van der Waals surface area contributed by atoms with E-state index in [4.69, 9.17) is 0 Å². The maximum Gasteiger partial charge on any atom is 0.235 e. The lowest BCUT2D eigenvalue weighted by Gasteiger charge is -2.19. The second-order valence-corrected chi connectivity index (χ2v) is 7.55. The SMILES string of the molecule is CCc1ccccc1NC(=O)CCS(=O)(=O)N(C)c1ccccc1. The molecule has 0 bridgehead atoms. The van der Waals surface area contributed by atoms with Crippen molar-refractivity contribution in [1.82, 2.24) is 0 Å². The molecule has 0 radical (unpaired) electrons. The molecule has 0 unspecified atom stereocenters. The summed E-state index contributed by atoms with van der Waals surface area (Å²) in [7, 11) is -2.05. The summed E-state index contributed by atoms with van der Waals surface area (Å²) < 4.78 is 25.9. The van der Waals surface area contributed by atoms with Gasteiger partial charge < -0.3 is 5.32 Å². The van der Waals surface area contributed by atoms with Crippen LogP contribution in [0.4, 0.5) is 11.4 Å². The first-order chi connectivity index (χ1) is 11.4. The Kier molecular flexibility index (Phi) is 5.98. The van der Waals surface area contributed by atoms with Crippen molar-refractivity contribution in [3.05, 3.63) is 60.2 Å². The van der Waals surface area contributed by atoms with Crippen molar-refractivity contribution in [3.8, 4) is 0 Å². The zero-order chi connectivity index (χ0) is 17.6. The van der Waals surface area contributed by atoms with Crippen molar-refractivity contribution in [3.63, 3.8) is 0 Å². The Hall–Kier alpha value is -2.34. The first kappa shape index (κ1) is 18.0. The molecule has 0 saturated carbocycles. The van der Waals surface area contributed by atoms with Crippen molar-refractivity contribution in [2.24, 2.45) is 0 Å². The van der Waals surface area contributed by atoms with Gasteiger partial charge in [-0.25, -0.2) is 8.42 Å². The van der Waals surface area contributed by atoms with Gasteiger partial charge in [-0.1, -0.05) is 43.3 Å². The summed E-state index contributed by atoms with van der Waals surface area (Å²) in [4.78, 5) is 12.1. The average Bonchev–Trinajstić information content (AvgIpc) is 2.60. The van der Waals surface area contributed by atoms with Crippen LogP contribution in [-0.4, -0.2) is 27.1 Å². The van der Waals surface area contributed by atoms with Crippen molar-refractivity contribution < 1.29 is 13.2 Å². The highest BCUT2D eigenvalue weighted by Crippen LogP contribution is 2.18. The highest BCUT2D eigenvalue weighted by atomic mass is 32.2. The predicted molar refractivity (Wildman–Crippen MR) is 97.7 cm³/mol. The Bertz CT molecular complexity index is 789. The third-order valence-electron chi connectivity index (χ3n) is 3.80. The topological polar surface area (TPSA) is 66.5 Å². The van der Waals surface area contributed by atoms with Crippen LogP contribution in [0.15, 0.2) is 54.6 Å². The number of amides is 1. The summed E-state index contributed by atoms with van der Waals surface area (Å²) in [5.74, 6) is -0.542. The Morgan fingerprint density at radius 3 is 2.33 bits per heavy atom. The van der Waals surface area contributed by atoms with Crippen molar-refractivity contribution in [2.45, 2.75) is 19.8 Å². The number of anilines is 2. The highest BCUT2D eigenvalue weighted by molar-refractivity contribution is 7.92. The van der Waals surface area contributed by atoms with E-state index in [0.29, 0.717) is 5.69 Å². The number of nitrogens with one attached hydrogen (secondary N) is 1. The number of hydrogen-bond donors (Lipinski definition) is 1. The van der Waals surface area contributed by atoms with Gasteiger partial charge in [0.05, 0.1) is 11.4 Å². The molecule has 0 saturated heterocycles. The van der Waals surface area contributed by atoms with Crippen LogP contribution >= 0.6 is 0 Å². The molecule has 1 N–H and O–H groups in total. The van der Waals surface area contributed by atoms with Crippen molar-refractivity contribution in [1.29, 1.82) is 0 Å². The molecular weight excluding hydrogens is 324 g/mol. The van der Waals surface area contributed by atoms with Gasteiger partial charge in [0.15, 0.2) is 0 Å². The van der Waals surface area contributed by atoms with Crippen LogP contribution in [0.2, 0.25) is 0 Å². The molecule has 0 atom stereocenters. The molecular formula is C18H22N2O3S. The van der Waals surface area contributed by atoms with Crippen LogP contribution in [0.25, 0.3) is 0 Å². The molecule has 0 aliphatic heterocycles. The van der Waals surface area contributed by atoms with Gasteiger partial charge in [-0.2, -0.15) is 0 Å². The van der Waals surface area contributed by atoms with Gasteiger partial charge in [0, 0.05) is 19.2 Å². The second-order valence-electron chi connectivity index (χ2n) is 5.43. The number of para-hydroxylation sites is 2. The summed E-state index contributed by atoms with van der Waals surface area (Å²) in [6.45, 7) is 2.00. The molecule has 0 heterocycles. The lowest BCUT2D eigenvalue weighted by atomic mass is 10.1. The van der Waals surface area contributed by atoms with E-state index in [9.17, 15) is 13.2 Å². The van der Waals surface area contributed by atoms with Gasteiger partial charge in [-0.3, -0.25) is 9.10 Å². The van der Waals surface area contributed by atoms with Crippen LogP contribution < -0.4 is 9.62 Å². The third kappa shape index (κ3) is 4.58. The number of aryl methyl sites for hydroxylation is 1. The van der Waals surface area contributed by atoms with Crippen LogP contribution in [0.5, 0.6) is 0 Å². The fraction of sp³-hybridized carbons (Fsp3) is 0.278. The molecule has 0 aliphatic carbocycles. The van der Waals surface area contributed by atoms with E-state index in [1.165, 1.54) is 11.4 Å². The van der Waals surface area contributed by atoms with Gasteiger partial charge in [-0.15, -0.1) is 0 Å².